The van der Waals surface area contributed by atoms with Gasteiger partial charge in [0.1, 0.15) is 5.60 Å². The molecule has 0 aromatic carbocycles. The predicted molar refractivity (Wildman–Crippen MR) is 152 cm³/mol. The van der Waals surface area contributed by atoms with Gasteiger partial charge < -0.3 is 9.47 Å². The summed E-state index contributed by atoms with van der Waals surface area (Å²) in [7, 11) is 1.82. The normalized spacial score (nSPS) is 28.3. The van der Waals surface area contributed by atoms with E-state index in [9.17, 15) is 9.59 Å². The van der Waals surface area contributed by atoms with E-state index < -0.39 is 41.2 Å². The molecule has 4 atom stereocenters. The third-order valence-corrected chi connectivity index (χ3v) is 8.74. The Balaban J connectivity index is 1.19. The van der Waals surface area contributed by atoms with Crippen LogP contribution in [0.4, 0.5) is 19.4 Å². The van der Waals surface area contributed by atoms with Crippen LogP contribution in [-0.2, 0) is 18.3 Å². The van der Waals surface area contributed by atoms with Crippen molar-refractivity contribution in [3.8, 4) is 17.1 Å². The average Bonchev–Trinajstić information content (AvgIpc) is 3.54. The number of fused-ring (bicyclic) bond motifs is 3. The molecular formula is C30H35F2N7O4. The number of amides is 2. The van der Waals surface area contributed by atoms with E-state index in [-0.39, 0.29) is 37.0 Å². The smallest absolute Gasteiger partial charge is 0.411 e. The topological polar surface area (TPSA) is 116 Å². The Kier molecular flexibility index (Phi) is 6.51. The van der Waals surface area contributed by atoms with Gasteiger partial charge >= 0.3 is 6.09 Å². The highest BCUT2D eigenvalue weighted by atomic mass is 19.1. The summed E-state index contributed by atoms with van der Waals surface area (Å²) in [6.07, 6.45) is -1.96. The second-order valence-electron chi connectivity index (χ2n) is 13.1. The maximum absolute atomic E-state index is 16.1. The van der Waals surface area contributed by atoms with Crippen molar-refractivity contribution in [2.75, 3.05) is 4.90 Å². The minimum atomic E-state index is -1.85. The molecule has 0 radical (unpaired) electrons. The van der Waals surface area contributed by atoms with E-state index in [0.29, 0.717) is 11.3 Å². The molecule has 43 heavy (non-hydrogen) atoms. The van der Waals surface area contributed by atoms with Crippen molar-refractivity contribution in [1.29, 1.82) is 0 Å². The summed E-state index contributed by atoms with van der Waals surface area (Å²) in [5.41, 5.74) is 0.0566. The number of anilines is 1. The SMILES string of the molecule is Cc1nn(C)cc1-c1cc2c(cn1)CN(c1ccc(OC3C(F)C4(C)CCC(C)(C3F)N4C(=O)OC(C)(C)C)nn1)C2=O. The largest absolute Gasteiger partial charge is 0.467 e. The Labute approximate surface area is 248 Å². The van der Waals surface area contributed by atoms with Gasteiger partial charge in [0.2, 0.25) is 5.88 Å². The van der Waals surface area contributed by atoms with Crippen LogP contribution in [0.3, 0.4) is 0 Å². The molecule has 4 unspecified atom stereocenters. The van der Waals surface area contributed by atoms with Crippen molar-refractivity contribution < 1.29 is 27.8 Å². The number of pyridine rings is 1. The summed E-state index contributed by atoms with van der Waals surface area (Å²) >= 11 is 0. The maximum atomic E-state index is 16.1. The molecule has 2 saturated heterocycles. The first-order chi connectivity index (χ1) is 20.1. The van der Waals surface area contributed by atoms with Crippen LogP contribution in [0.25, 0.3) is 11.3 Å². The highest BCUT2D eigenvalue weighted by molar-refractivity contribution is 6.09. The molecule has 13 heteroatoms. The lowest BCUT2D eigenvalue weighted by Gasteiger charge is -2.53. The molecule has 0 saturated carbocycles. The molecule has 2 fully saturated rings. The van der Waals surface area contributed by atoms with Gasteiger partial charge in [-0.1, -0.05) is 0 Å². The van der Waals surface area contributed by atoms with Crippen LogP contribution in [0.15, 0.2) is 30.6 Å². The van der Waals surface area contributed by atoms with E-state index >= 15 is 8.78 Å². The fourth-order valence-electron chi connectivity index (χ4n) is 6.57. The van der Waals surface area contributed by atoms with Crippen molar-refractivity contribution in [3.63, 3.8) is 0 Å². The van der Waals surface area contributed by atoms with Gasteiger partial charge in [0.15, 0.2) is 24.3 Å². The number of hydrogen-bond acceptors (Lipinski definition) is 8. The average molecular weight is 596 g/mol. The molecule has 0 aliphatic carbocycles. The van der Waals surface area contributed by atoms with E-state index in [1.54, 1.807) is 51.6 Å². The van der Waals surface area contributed by atoms with Gasteiger partial charge in [-0.15, -0.1) is 10.2 Å². The summed E-state index contributed by atoms with van der Waals surface area (Å²) < 4.78 is 45.1. The number of halogens is 2. The van der Waals surface area contributed by atoms with E-state index in [2.05, 4.69) is 20.3 Å². The predicted octanol–water partition coefficient (Wildman–Crippen LogP) is 4.73. The number of aryl methyl sites for hydroxylation is 2. The number of ether oxygens (including phenoxy) is 2. The van der Waals surface area contributed by atoms with Crippen molar-refractivity contribution >= 4 is 17.8 Å². The Hall–Kier alpha value is -4.16. The van der Waals surface area contributed by atoms with Crippen LogP contribution in [0.1, 0.15) is 69.1 Å². The fraction of sp³-hybridized carbons (Fsp3) is 0.533. The van der Waals surface area contributed by atoms with Gasteiger partial charge in [-0.2, -0.15) is 5.10 Å². The molecule has 228 valence electrons. The fourth-order valence-corrected chi connectivity index (χ4v) is 6.57. The summed E-state index contributed by atoms with van der Waals surface area (Å²) in [6.45, 7) is 10.4. The summed E-state index contributed by atoms with van der Waals surface area (Å²) in [5, 5.41) is 12.5. The molecule has 0 spiro atoms. The minimum Gasteiger partial charge on any atom is -0.467 e. The zero-order valence-corrected chi connectivity index (χ0v) is 25.3. The molecule has 3 aromatic heterocycles. The van der Waals surface area contributed by atoms with E-state index in [1.807, 2.05) is 20.2 Å². The lowest BCUT2D eigenvalue weighted by Crippen LogP contribution is -2.72. The molecule has 3 aliphatic heterocycles. The number of hydrogen-bond donors (Lipinski definition) is 0. The Bertz CT molecular complexity index is 1580. The van der Waals surface area contributed by atoms with Crippen LogP contribution in [0.5, 0.6) is 5.88 Å². The second kappa shape index (κ2) is 9.68. The van der Waals surface area contributed by atoms with Crippen molar-refractivity contribution in [3.05, 3.63) is 47.4 Å². The third kappa shape index (κ3) is 4.60. The van der Waals surface area contributed by atoms with Crippen LogP contribution in [0.2, 0.25) is 0 Å². The Morgan fingerprint density at radius 1 is 1.07 bits per heavy atom. The number of carbonyl (C=O) groups is 2. The quantitative estimate of drug-likeness (QED) is 0.425. The van der Waals surface area contributed by atoms with Gasteiger partial charge in [-0.05, 0) is 66.5 Å². The maximum Gasteiger partial charge on any atom is 0.411 e. The number of rotatable bonds is 4. The second-order valence-corrected chi connectivity index (χ2v) is 13.1. The first kappa shape index (κ1) is 28.9. The van der Waals surface area contributed by atoms with Crippen LogP contribution >= 0.6 is 0 Å². The zero-order chi connectivity index (χ0) is 31.1. The molecule has 3 aliphatic rings. The molecule has 0 N–H and O–H groups in total. The first-order valence-electron chi connectivity index (χ1n) is 14.3. The van der Waals surface area contributed by atoms with Gasteiger partial charge in [0, 0.05) is 42.2 Å². The summed E-state index contributed by atoms with van der Waals surface area (Å²) in [5.74, 6) is -0.0840. The monoisotopic (exact) mass is 595 g/mol. The van der Waals surface area contributed by atoms with Gasteiger partial charge in [-0.3, -0.25) is 24.3 Å². The van der Waals surface area contributed by atoms with Crippen molar-refractivity contribution in [2.45, 2.75) is 96.1 Å². The number of nitrogens with zero attached hydrogens (tertiary/aromatic N) is 7. The standard InChI is InChI=1S/C30H35F2N7O4/c1-16-19(15-37(7)36-16)20-12-18-17(13-33-20)14-38(26(18)40)21-8-9-22(35-34-21)42-23-24(31)29(5)10-11-30(6,25(23)32)39(29)27(41)43-28(2,3)4/h8-9,12-13,15,23-25H,10-11,14H2,1-7H3. The molecular weight excluding hydrogens is 560 g/mol. The van der Waals surface area contributed by atoms with Crippen LogP contribution in [-0.4, -0.2) is 77.0 Å². The third-order valence-electron chi connectivity index (χ3n) is 8.74. The molecule has 3 aromatic rings. The van der Waals surface area contributed by atoms with E-state index in [1.165, 1.54) is 21.9 Å². The molecule has 6 rings (SSSR count). The van der Waals surface area contributed by atoms with E-state index in [4.69, 9.17) is 9.47 Å². The van der Waals surface area contributed by atoms with E-state index in [0.717, 1.165) is 16.8 Å². The van der Waals surface area contributed by atoms with Gasteiger partial charge in [-0.25, -0.2) is 13.6 Å². The summed E-state index contributed by atoms with van der Waals surface area (Å²) in [4.78, 5) is 33.6. The minimum absolute atomic E-state index is 0.0865. The van der Waals surface area contributed by atoms with Gasteiger partial charge in [0.05, 0.1) is 29.0 Å². The number of piperidine rings is 1. The van der Waals surface area contributed by atoms with Crippen LogP contribution < -0.4 is 9.64 Å². The Morgan fingerprint density at radius 2 is 1.74 bits per heavy atom. The summed E-state index contributed by atoms with van der Waals surface area (Å²) in [6, 6.07) is 4.71. The molecule has 11 nitrogen and oxygen atoms in total. The zero-order valence-electron chi connectivity index (χ0n) is 25.3. The highest BCUT2D eigenvalue weighted by Gasteiger charge is 2.69. The van der Waals surface area contributed by atoms with Crippen LogP contribution in [0, 0.1) is 6.92 Å². The Morgan fingerprint density at radius 3 is 2.30 bits per heavy atom. The highest BCUT2D eigenvalue weighted by Crippen LogP contribution is 2.54. The number of aromatic nitrogens is 5. The molecule has 6 heterocycles. The van der Waals surface area contributed by atoms with Crippen molar-refractivity contribution in [2.24, 2.45) is 7.05 Å². The molecule has 2 amide bonds. The number of carbonyl (C=O) groups excluding carboxylic acids is 2. The van der Waals surface area contributed by atoms with Crippen molar-refractivity contribution in [1.82, 2.24) is 29.9 Å². The lowest BCUT2D eigenvalue weighted by atomic mass is 9.81. The lowest BCUT2D eigenvalue weighted by molar-refractivity contribution is -0.141. The molecule has 2 bridgehead atoms. The van der Waals surface area contributed by atoms with Gasteiger partial charge in [0.25, 0.3) is 5.91 Å². The first-order valence-corrected chi connectivity index (χ1v) is 14.3. The number of alkyl halides is 2.